The van der Waals surface area contributed by atoms with Crippen LogP contribution >= 0.6 is 23.2 Å². The molecule has 15 heavy (non-hydrogen) atoms. The lowest BCUT2D eigenvalue weighted by Crippen LogP contribution is -2.29. The molecule has 0 saturated carbocycles. The zero-order valence-corrected chi connectivity index (χ0v) is 9.85. The number of ether oxygens (including phenoxy) is 1. The Balaban J connectivity index is 2.50. The van der Waals surface area contributed by atoms with Crippen molar-refractivity contribution in [3.05, 3.63) is 28.2 Å². The first-order chi connectivity index (χ1) is 7.11. The minimum Gasteiger partial charge on any atom is -0.491 e. The van der Waals surface area contributed by atoms with E-state index in [2.05, 4.69) is 5.32 Å². The Morgan fingerprint density at radius 2 is 1.93 bits per heavy atom. The van der Waals surface area contributed by atoms with Crippen molar-refractivity contribution in [2.24, 2.45) is 0 Å². The van der Waals surface area contributed by atoms with E-state index < -0.39 is 6.10 Å². The second-order valence-electron chi connectivity index (χ2n) is 3.13. The minimum atomic E-state index is -0.548. The molecular formula is C10H13Cl2NO2. The first-order valence-corrected chi connectivity index (χ1v) is 5.29. The molecule has 0 fully saturated rings. The summed E-state index contributed by atoms with van der Waals surface area (Å²) in [6.07, 6.45) is -0.548. The summed E-state index contributed by atoms with van der Waals surface area (Å²) in [5.74, 6) is 0.558. The van der Waals surface area contributed by atoms with Crippen LogP contribution in [0.4, 0.5) is 0 Å². The summed E-state index contributed by atoms with van der Waals surface area (Å²) in [5, 5.41) is 13.3. The van der Waals surface area contributed by atoms with E-state index in [-0.39, 0.29) is 6.61 Å². The molecule has 0 spiro atoms. The second kappa shape index (κ2) is 6.18. The minimum absolute atomic E-state index is 0.206. The molecule has 0 aromatic heterocycles. The maximum Gasteiger partial charge on any atom is 0.122 e. The van der Waals surface area contributed by atoms with Crippen molar-refractivity contribution in [1.29, 1.82) is 0 Å². The fraction of sp³-hybridized carbons (Fsp3) is 0.400. The molecule has 0 bridgehead atoms. The maximum absolute atomic E-state index is 9.40. The molecule has 1 atom stereocenters. The van der Waals surface area contributed by atoms with Gasteiger partial charge in [0, 0.05) is 16.6 Å². The van der Waals surface area contributed by atoms with Crippen molar-refractivity contribution < 1.29 is 9.84 Å². The molecule has 0 heterocycles. The highest BCUT2D eigenvalue weighted by molar-refractivity contribution is 6.34. The van der Waals surface area contributed by atoms with Crippen LogP contribution in [0.2, 0.25) is 10.0 Å². The molecule has 0 saturated heterocycles. The highest BCUT2D eigenvalue weighted by atomic mass is 35.5. The van der Waals surface area contributed by atoms with E-state index in [9.17, 15) is 5.11 Å². The molecule has 3 nitrogen and oxygen atoms in total. The number of nitrogens with one attached hydrogen (secondary N) is 1. The first-order valence-electron chi connectivity index (χ1n) is 4.53. The monoisotopic (exact) mass is 249 g/mol. The Morgan fingerprint density at radius 1 is 1.33 bits per heavy atom. The summed E-state index contributed by atoms with van der Waals surface area (Å²) in [4.78, 5) is 0. The number of aliphatic hydroxyl groups excluding tert-OH is 1. The molecular weight excluding hydrogens is 237 g/mol. The molecule has 0 aliphatic carbocycles. The topological polar surface area (TPSA) is 41.5 Å². The Morgan fingerprint density at radius 3 is 2.47 bits per heavy atom. The molecule has 84 valence electrons. The summed E-state index contributed by atoms with van der Waals surface area (Å²) in [7, 11) is 1.76. The second-order valence-corrected chi connectivity index (χ2v) is 4.00. The zero-order valence-electron chi connectivity index (χ0n) is 8.34. The van der Waals surface area contributed by atoms with Crippen molar-refractivity contribution in [2.45, 2.75) is 6.10 Å². The molecule has 2 N–H and O–H groups in total. The lowest BCUT2D eigenvalue weighted by Gasteiger charge is -2.12. The molecule has 1 aromatic carbocycles. The summed E-state index contributed by atoms with van der Waals surface area (Å²) < 4.78 is 5.32. The Hall–Kier alpha value is -0.480. The molecule has 5 heteroatoms. The largest absolute Gasteiger partial charge is 0.491 e. The first kappa shape index (κ1) is 12.6. The van der Waals surface area contributed by atoms with Crippen LogP contribution in [0.15, 0.2) is 18.2 Å². The lowest BCUT2D eigenvalue weighted by atomic mass is 10.3. The Bertz CT molecular complexity index is 300. The van der Waals surface area contributed by atoms with Gasteiger partial charge in [-0.05, 0) is 25.2 Å². The van der Waals surface area contributed by atoms with Crippen molar-refractivity contribution >= 4 is 23.2 Å². The SMILES string of the molecule is CNC[C@H](O)COc1cc(Cl)cc(Cl)c1. The van der Waals surface area contributed by atoms with E-state index in [4.69, 9.17) is 27.9 Å². The third-order valence-electron chi connectivity index (χ3n) is 1.72. The number of likely N-dealkylation sites (N-methyl/N-ethyl adjacent to an activating group) is 1. The van der Waals surface area contributed by atoms with Gasteiger partial charge in [-0.2, -0.15) is 0 Å². The average molecular weight is 250 g/mol. The standard InChI is InChI=1S/C10H13Cl2NO2/c1-13-5-9(14)6-15-10-3-7(11)2-8(12)4-10/h2-4,9,13-14H,5-6H2,1H3/t9-/m0/s1. The Kier molecular flexibility index (Phi) is 5.19. The number of hydrogen-bond acceptors (Lipinski definition) is 3. The smallest absolute Gasteiger partial charge is 0.122 e. The molecule has 0 amide bonds. The van der Waals surface area contributed by atoms with Crippen molar-refractivity contribution in [3.63, 3.8) is 0 Å². The third kappa shape index (κ3) is 4.71. The van der Waals surface area contributed by atoms with Gasteiger partial charge in [0.1, 0.15) is 18.5 Å². The highest BCUT2D eigenvalue weighted by Crippen LogP contribution is 2.24. The van der Waals surface area contributed by atoms with Gasteiger partial charge in [0.15, 0.2) is 0 Å². The molecule has 1 rings (SSSR count). The van der Waals surface area contributed by atoms with Crippen LogP contribution in [0.25, 0.3) is 0 Å². The van der Waals surface area contributed by atoms with Crippen LogP contribution in [0.3, 0.4) is 0 Å². The van der Waals surface area contributed by atoms with Gasteiger partial charge in [0.2, 0.25) is 0 Å². The normalized spacial score (nSPS) is 12.5. The van der Waals surface area contributed by atoms with Gasteiger partial charge >= 0.3 is 0 Å². The summed E-state index contributed by atoms with van der Waals surface area (Å²) in [5.41, 5.74) is 0. The van der Waals surface area contributed by atoms with Gasteiger partial charge in [0.05, 0.1) is 0 Å². The number of aliphatic hydroxyl groups is 1. The number of halogens is 2. The fourth-order valence-electron chi connectivity index (χ4n) is 1.10. The van der Waals surface area contributed by atoms with Crippen LogP contribution in [0, 0.1) is 0 Å². The average Bonchev–Trinajstić information content (AvgIpc) is 2.14. The maximum atomic E-state index is 9.40. The summed E-state index contributed by atoms with van der Waals surface area (Å²) in [6.45, 7) is 0.686. The van der Waals surface area contributed by atoms with Crippen molar-refractivity contribution in [1.82, 2.24) is 5.32 Å². The predicted octanol–water partition coefficient (Wildman–Crippen LogP) is 1.95. The van der Waals surface area contributed by atoms with E-state index in [0.29, 0.717) is 22.3 Å². The molecule has 0 radical (unpaired) electrons. The van der Waals surface area contributed by atoms with Gasteiger partial charge in [0.25, 0.3) is 0 Å². The van der Waals surface area contributed by atoms with Gasteiger partial charge in [-0.3, -0.25) is 0 Å². The van der Waals surface area contributed by atoms with Crippen LogP contribution in [0.5, 0.6) is 5.75 Å². The molecule has 0 aliphatic rings. The van der Waals surface area contributed by atoms with E-state index >= 15 is 0 Å². The van der Waals surface area contributed by atoms with Crippen LogP contribution in [-0.4, -0.2) is 31.4 Å². The Labute approximate surface area is 99.0 Å². The third-order valence-corrected chi connectivity index (χ3v) is 2.15. The van der Waals surface area contributed by atoms with Gasteiger partial charge in [-0.1, -0.05) is 23.2 Å². The van der Waals surface area contributed by atoms with E-state index in [1.54, 1.807) is 25.2 Å². The van der Waals surface area contributed by atoms with E-state index in [0.717, 1.165) is 0 Å². The molecule has 0 unspecified atom stereocenters. The fourth-order valence-corrected chi connectivity index (χ4v) is 1.60. The van der Waals surface area contributed by atoms with Gasteiger partial charge in [-0.25, -0.2) is 0 Å². The lowest BCUT2D eigenvalue weighted by molar-refractivity contribution is 0.108. The number of benzene rings is 1. The molecule has 1 aromatic rings. The van der Waals surface area contributed by atoms with Crippen LogP contribution < -0.4 is 10.1 Å². The van der Waals surface area contributed by atoms with Gasteiger partial charge < -0.3 is 15.2 Å². The summed E-state index contributed by atoms with van der Waals surface area (Å²) in [6, 6.07) is 4.93. The van der Waals surface area contributed by atoms with E-state index in [1.807, 2.05) is 0 Å². The van der Waals surface area contributed by atoms with Gasteiger partial charge in [-0.15, -0.1) is 0 Å². The van der Waals surface area contributed by atoms with Crippen molar-refractivity contribution in [3.8, 4) is 5.75 Å². The van der Waals surface area contributed by atoms with Crippen LogP contribution in [0.1, 0.15) is 0 Å². The summed E-state index contributed by atoms with van der Waals surface area (Å²) >= 11 is 11.6. The highest BCUT2D eigenvalue weighted by Gasteiger charge is 2.04. The number of hydrogen-bond donors (Lipinski definition) is 2. The molecule has 0 aliphatic heterocycles. The quantitative estimate of drug-likeness (QED) is 0.839. The predicted molar refractivity (Wildman–Crippen MR) is 61.9 cm³/mol. The number of rotatable bonds is 5. The van der Waals surface area contributed by atoms with Crippen molar-refractivity contribution in [2.75, 3.05) is 20.2 Å². The van der Waals surface area contributed by atoms with Crippen LogP contribution in [-0.2, 0) is 0 Å². The zero-order chi connectivity index (χ0) is 11.3. The van der Waals surface area contributed by atoms with E-state index in [1.165, 1.54) is 0 Å².